The molecule has 2 aromatic rings. The molecule has 0 unspecified atom stereocenters. The van der Waals surface area contributed by atoms with E-state index in [-0.39, 0.29) is 23.4 Å². The van der Waals surface area contributed by atoms with Gasteiger partial charge in [0.05, 0.1) is 10.6 Å². The van der Waals surface area contributed by atoms with E-state index in [2.05, 4.69) is 5.32 Å². The molecule has 1 fully saturated rings. The fourth-order valence-corrected chi connectivity index (χ4v) is 5.48. The molecule has 3 rings (SSSR count). The summed E-state index contributed by atoms with van der Waals surface area (Å²) in [4.78, 5) is 13.1. The van der Waals surface area contributed by atoms with Crippen molar-refractivity contribution in [2.45, 2.75) is 69.7 Å². The average Bonchev–Trinajstić information content (AvgIpc) is 3.01. The van der Waals surface area contributed by atoms with Crippen LogP contribution >= 0.6 is 0 Å². The van der Waals surface area contributed by atoms with Crippen molar-refractivity contribution >= 4 is 21.6 Å². The number of amides is 1. The average molecular weight is 429 g/mol. The molecule has 1 N–H and O–H groups in total. The number of nitrogens with zero attached hydrogens (tertiary/aromatic N) is 1. The lowest BCUT2D eigenvalue weighted by molar-refractivity contribution is -0.120. The third kappa shape index (κ3) is 5.42. The maximum absolute atomic E-state index is 13.5. The summed E-state index contributed by atoms with van der Waals surface area (Å²) in [6, 6.07) is 14.3. The Labute approximate surface area is 180 Å². The van der Waals surface area contributed by atoms with Gasteiger partial charge in [-0.1, -0.05) is 68.5 Å². The van der Waals surface area contributed by atoms with Crippen LogP contribution < -0.4 is 9.62 Å². The summed E-state index contributed by atoms with van der Waals surface area (Å²) in [5.74, 6) is -0.247. The van der Waals surface area contributed by atoms with E-state index in [9.17, 15) is 13.2 Å². The van der Waals surface area contributed by atoms with Crippen LogP contribution in [0.4, 0.5) is 5.69 Å². The summed E-state index contributed by atoms with van der Waals surface area (Å²) in [7, 11) is -3.87. The molecule has 162 valence electrons. The van der Waals surface area contributed by atoms with Gasteiger partial charge in [-0.2, -0.15) is 0 Å². The highest BCUT2D eigenvalue weighted by Gasteiger charge is 2.29. The van der Waals surface area contributed by atoms with Crippen molar-refractivity contribution in [3.05, 3.63) is 59.7 Å². The number of carbonyl (C=O) groups excluding carboxylic acids is 1. The zero-order valence-corrected chi connectivity index (χ0v) is 18.7. The largest absolute Gasteiger partial charge is 0.352 e. The van der Waals surface area contributed by atoms with E-state index in [0.29, 0.717) is 12.1 Å². The van der Waals surface area contributed by atoms with Crippen molar-refractivity contribution < 1.29 is 13.2 Å². The zero-order valence-electron chi connectivity index (χ0n) is 17.9. The van der Waals surface area contributed by atoms with Crippen molar-refractivity contribution in [1.82, 2.24) is 5.32 Å². The molecule has 0 atom stereocenters. The highest BCUT2D eigenvalue weighted by molar-refractivity contribution is 7.92. The van der Waals surface area contributed by atoms with E-state index >= 15 is 0 Å². The van der Waals surface area contributed by atoms with Crippen LogP contribution in [-0.2, 0) is 21.2 Å². The molecule has 0 bridgehead atoms. The van der Waals surface area contributed by atoms with E-state index < -0.39 is 10.0 Å². The minimum Gasteiger partial charge on any atom is -0.352 e. The molecule has 0 aliphatic heterocycles. The Kier molecular flexibility index (Phi) is 7.53. The lowest BCUT2D eigenvalue weighted by Crippen LogP contribution is -2.44. The molecule has 2 aromatic carbocycles. The van der Waals surface area contributed by atoms with Crippen LogP contribution in [0.2, 0.25) is 0 Å². The van der Waals surface area contributed by atoms with Gasteiger partial charge >= 0.3 is 0 Å². The van der Waals surface area contributed by atoms with Crippen LogP contribution in [0.15, 0.2) is 53.4 Å². The number of hydrogen-bond acceptors (Lipinski definition) is 3. The number of nitrogens with one attached hydrogen (secondary N) is 1. The predicted molar refractivity (Wildman–Crippen MR) is 121 cm³/mol. The van der Waals surface area contributed by atoms with Crippen molar-refractivity contribution in [2.75, 3.05) is 10.8 Å². The third-order valence-electron chi connectivity index (χ3n) is 5.76. The Morgan fingerprint density at radius 3 is 2.27 bits per heavy atom. The Bertz CT molecular complexity index is 947. The number of benzene rings is 2. The van der Waals surface area contributed by atoms with Crippen molar-refractivity contribution in [2.24, 2.45) is 0 Å². The summed E-state index contributed by atoms with van der Waals surface area (Å²) in [5, 5.41) is 3.08. The SMILES string of the molecule is CCc1ccccc1N(CC(=O)NC1CCCCCC1)S(=O)(=O)c1ccc(C)cc1. The Morgan fingerprint density at radius 1 is 1.00 bits per heavy atom. The van der Waals surface area contributed by atoms with Gasteiger partial charge < -0.3 is 5.32 Å². The lowest BCUT2D eigenvalue weighted by Gasteiger charge is -2.27. The first-order chi connectivity index (χ1) is 14.4. The van der Waals surface area contributed by atoms with Crippen LogP contribution in [0.1, 0.15) is 56.6 Å². The van der Waals surface area contributed by atoms with Crippen LogP contribution in [0, 0.1) is 6.92 Å². The van der Waals surface area contributed by atoms with Crippen molar-refractivity contribution in [3.63, 3.8) is 0 Å². The molecule has 1 amide bonds. The van der Waals surface area contributed by atoms with Gasteiger partial charge in [-0.15, -0.1) is 0 Å². The van der Waals surface area contributed by atoms with Gasteiger partial charge in [0.1, 0.15) is 6.54 Å². The van der Waals surface area contributed by atoms with Crippen molar-refractivity contribution in [1.29, 1.82) is 0 Å². The molecule has 1 aliphatic carbocycles. The topological polar surface area (TPSA) is 66.5 Å². The number of para-hydroxylation sites is 1. The number of carbonyl (C=O) groups is 1. The second kappa shape index (κ2) is 10.1. The molecule has 0 heterocycles. The smallest absolute Gasteiger partial charge is 0.264 e. The maximum atomic E-state index is 13.5. The second-order valence-electron chi connectivity index (χ2n) is 8.06. The number of anilines is 1. The first-order valence-corrected chi connectivity index (χ1v) is 12.3. The van der Waals surface area contributed by atoms with Crippen LogP contribution in [0.25, 0.3) is 0 Å². The van der Waals surface area contributed by atoms with Gasteiger partial charge in [0.2, 0.25) is 5.91 Å². The molecule has 1 aliphatic rings. The summed E-state index contributed by atoms with van der Waals surface area (Å²) in [5.41, 5.74) is 2.45. The standard InChI is InChI=1S/C24H32N2O3S/c1-3-20-10-8-9-13-23(20)26(30(28,29)22-16-14-19(2)15-17-22)18-24(27)25-21-11-6-4-5-7-12-21/h8-10,13-17,21H,3-7,11-12,18H2,1-2H3,(H,25,27). The van der Waals surface area contributed by atoms with E-state index in [0.717, 1.165) is 36.8 Å². The summed E-state index contributed by atoms with van der Waals surface area (Å²) < 4.78 is 28.3. The van der Waals surface area contributed by atoms with Crippen molar-refractivity contribution in [3.8, 4) is 0 Å². The number of sulfonamides is 1. The molecule has 0 spiro atoms. The second-order valence-corrected chi connectivity index (χ2v) is 9.93. The molecule has 6 heteroatoms. The van der Waals surface area contributed by atoms with Crippen LogP contribution in [-0.4, -0.2) is 26.9 Å². The zero-order chi connectivity index (χ0) is 21.6. The Morgan fingerprint density at radius 2 is 1.63 bits per heavy atom. The van der Waals surface area contributed by atoms with Crippen LogP contribution in [0.5, 0.6) is 0 Å². The molecular formula is C24H32N2O3S. The summed E-state index contributed by atoms with van der Waals surface area (Å²) in [6.45, 7) is 3.69. The fraction of sp³-hybridized carbons (Fsp3) is 0.458. The molecular weight excluding hydrogens is 396 g/mol. The quantitative estimate of drug-likeness (QED) is 0.656. The van der Waals surface area contributed by atoms with Gasteiger partial charge in [-0.3, -0.25) is 9.10 Å². The highest BCUT2D eigenvalue weighted by atomic mass is 32.2. The predicted octanol–water partition coefficient (Wildman–Crippen LogP) is 4.59. The lowest BCUT2D eigenvalue weighted by atomic mass is 10.1. The van der Waals surface area contributed by atoms with E-state index in [1.165, 1.54) is 17.1 Å². The van der Waals surface area contributed by atoms with E-state index in [4.69, 9.17) is 0 Å². The summed E-state index contributed by atoms with van der Waals surface area (Å²) >= 11 is 0. The monoisotopic (exact) mass is 428 g/mol. The number of hydrogen-bond donors (Lipinski definition) is 1. The third-order valence-corrected chi connectivity index (χ3v) is 7.53. The number of rotatable bonds is 7. The minimum atomic E-state index is -3.87. The molecule has 0 radical (unpaired) electrons. The van der Waals surface area contributed by atoms with E-state index in [1.54, 1.807) is 30.3 Å². The maximum Gasteiger partial charge on any atom is 0.264 e. The van der Waals surface area contributed by atoms with Gasteiger partial charge in [0.25, 0.3) is 10.0 Å². The summed E-state index contributed by atoms with van der Waals surface area (Å²) in [6.07, 6.45) is 7.21. The molecule has 0 aromatic heterocycles. The Balaban J connectivity index is 1.91. The molecule has 5 nitrogen and oxygen atoms in total. The van der Waals surface area contributed by atoms with Gasteiger partial charge in [-0.05, 0) is 49.9 Å². The minimum absolute atomic E-state index is 0.130. The number of aryl methyl sites for hydroxylation is 2. The van der Waals surface area contributed by atoms with Gasteiger partial charge in [0, 0.05) is 6.04 Å². The van der Waals surface area contributed by atoms with Gasteiger partial charge in [-0.25, -0.2) is 8.42 Å². The fourth-order valence-electron chi connectivity index (χ4n) is 4.02. The first kappa shape index (κ1) is 22.3. The first-order valence-electron chi connectivity index (χ1n) is 10.9. The highest BCUT2D eigenvalue weighted by Crippen LogP contribution is 2.28. The van der Waals surface area contributed by atoms with E-state index in [1.807, 2.05) is 32.0 Å². The molecule has 1 saturated carbocycles. The Hall–Kier alpha value is -2.34. The normalized spacial score (nSPS) is 15.4. The molecule has 30 heavy (non-hydrogen) atoms. The van der Waals surface area contributed by atoms with Gasteiger partial charge in [0.15, 0.2) is 0 Å². The molecule has 0 saturated heterocycles. The van der Waals surface area contributed by atoms with Crippen LogP contribution in [0.3, 0.4) is 0 Å².